The third kappa shape index (κ3) is 6.53. The summed E-state index contributed by atoms with van der Waals surface area (Å²) in [6, 6.07) is 0. The van der Waals surface area contributed by atoms with E-state index in [0.29, 0.717) is 12.8 Å². The molecule has 0 spiro atoms. The molecule has 0 bridgehead atoms. The Labute approximate surface area is 331 Å². The molecule has 8 aliphatic rings. The van der Waals surface area contributed by atoms with E-state index in [-0.39, 0.29) is 104 Å². The molecular weight excluding hydrogens is 712 g/mol. The van der Waals surface area contributed by atoms with E-state index in [9.17, 15) is 39.6 Å². The molecule has 8 rings (SSSR count). The SMILES string of the molecule is CC(=O)C1C(OC(C)O)CC2C3CCC4=CC(=O)C=CC4(C)C3C(O)CC21C.CC(=O)C1C(OC(C)O)CC2C3CCC4=CC(=O)C=CC4(C)C3C(O)CC21C. The standard InChI is InChI=1S/2C23H32O5/c2*1-12(24)20-19(28-13(2)25)10-17-16-6-5-14-9-15(26)7-8-22(14,3)21(16)18(27)11-23(17,20)4/h2*7-9,13,16-21,25,27H,5-6,10-11H2,1-4H3. The number of carbonyl (C=O) groups excluding carboxylic acids is 4. The molecule has 0 aliphatic heterocycles. The van der Waals surface area contributed by atoms with Gasteiger partial charge in [0, 0.05) is 34.5 Å². The Balaban J connectivity index is 0.000000172. The van der Waals surface area contributed by atoms with Crippen LogP contribution in [-0.2, 0) is 28.7 Å². The molecule has 6 saturated carbocycles. The van der Waals surface area contributed by atoms with Crippen molar-refractivity contribution >= 4 is 23.1 Å². The summed E-state index contributed by atoms with van der Waals surface area (Å²) in [5.74, 6) is 0.696. The highest BCUT2D eigenvalue weighted by Gasteiger charge is 2.66. The number of fused-ring (bicyclic) bond motifs is 10. The molecule has 0 saturated heterocycles. The minimum absolute atomic E-state index is 0.0315. The van der Waals surface area contributed by atoms with Crippen LogP contribution in [0.4, 0.5) is 0 Å². The zero-order chi connectivity index (χ0) is 40.9. The summed E-state index contributed by atoms with van der Waals surface area (Å²) in [7, 11) is 0. The van der Waals surface area contributed by atoms with Crippen molar-refractivity contribution in [2.24, 2.45) is 69.0 Å². The van der Waals surface area contributed by atoms with Crippen LogP contribution < -0.4 is 0 Å². The van der Waals surface area contributed by atoms with Crippen molar-refractivity contribution in [1.82, 2.24) is 0 Å². The number of carbonyl (C=O) groups is 4. The fourth-order valence-electron chi connectivity index (χ4n) is 14.9. The number of ketones is 4. The van der Waals surface area contributed by atoms with Gasteiger partial charge in [-0.3, -0.25) is 19.2 Å². The second-order valence-electron chi connectivity index (χ2n) is 19.8. The smallest absolute Gasteiger partial charge is 0.178 e. The molecule has 18 unspecified atom stereocenters. The zero-order valence-corrected chi connectivity index (χ0v) is 34.4. The van der Waals surface area contributed by atoms with Crippen LogP contribution in [0.5, 0.6) is 0 Å². The average Bonchev–Trinajstić information content (AvgIpc) is 3.53. The normalized spacial score (nSPS) is 48.4. The van der Waals surface area contributed by atoms with Crippen molar-refractivity contribution in [3.05, 3.63) is 47.6 Å². The van der Waals surface area contributed by atoms with E-state index < -0.39 is 24.8 Å². The van der Waals surface area contributed by atoms with Crippen LogP contribution in [0.3, 0.4) is 0 Å². The number of ether oxygens (including phenoxy) is 2. The Morgan fingerprint density at radius 1 is 0.679 bits per heavy atom. The summed E-state index contributed by atoms with van der Waals surface area (Å²) in [6.07, 6.45) is 13.3. The molecule has 6 fully saturated rings. The van der Waals surface area contributed by atoms with Crippen LogP contribution in [0.25, 0.3) is 0 Å². The van der Waals surface area contributed by atoms with E-state index >= 15 is 0 Å². The average molecular weight is 777 g/mol. The quantitative estimate of drug-likeness (QED) is 0.249. The van der Waals surface area contributed by atoms with Gasteiger partial charge in [0.05, 0.1) is 24.4 Å². The molecule has 0 aromatic heterocycles. The third-order valence-electron chi connectivity index (χ3n) is 16.6. The molecule has 0 radical (unpaired) electrons. The number of Topliss-reactive ketones (excluding diaryl/α,β-unsaturated/α-hetero) is 2. The molecule has 0 aromatic carbocycles. The molecule has 4 N–H and O–H groups in total. The van der Waals surface area contributed by atoms with Gasteiger partial charge < -0.3 is 29.9 Å². The van der Waals surface area contributed by atoms with Gasteiger partial charge in [-0.2, -0.15) is 0 Å². The lowest BCUT2D eigenvalue weighted by Gasteiger charge is -2.58. The molecule has 0 aromatic rings. The lowest BCUT2D eigenvalue weighted by atomic mass is 9.46. The largest absolute Gasteiger partial charge is 0.393 e. The maximum atomic E-state index is 12.6. The van der Waals surface area contributed by atoms with Gasteiger partial charge in [0.2, 0.25) is 0 Å². The molecule has 10 heteroatoms. The first-order valence-electron chi connectivity index (χ1n) is 21.1. The summed E-state index contributed by atoms with van der Waals surface area (Å²) in [6.45, 7) is 14.9. The van der Waals surface area contributed by atoms with Gasteiger partial charge in [0.15, 0.2) is 24.1 Å². The van der Waals surface area contributed by atoms with Crippen LogP contribution in [0.15, 0.2) is 47.6 Å². The van der Waals surface area contributed by atoms with E-state index in [1.807, 2.05) is 12.2 Å². The maximum Gasteiger partial charge on any atom is 0.178 e. The fourth-order valence-corrected chi connectivity index (χ4v) is 14.9. The van der Waals surface area contributed by atoms with Crippen LogP contribution in [0, 0.1) is 69.0 Å². The van der Waals surface area contributed by atoms with E-state index in [0.717, 1.165) is 49.7 Å². The number of aliphatic hydroxyl groups excluding tert-OH is 4. The Morgan fingerprint density at radius 2 is 1.04 bits per heavy atom. The minimum atomic E-state index is -0.915. The predicted octanol–water partition coefficient (Wildman–Crippen LogP) is 5.61. The minimum Gasteiger partial charge on any atom is -0.393 e. The second-order valence-corrected chi connectivity index (χ2v) is 19.8. The number of rotatable bonds is 6. The molecule has 56 heavy (non-hydrogen) atoms. The van der Waals surface area contributed by atoms with E-state index in [2.05, 4.69) is 27.7 Å². The highest BCUT2D eigenvalue weighted by molar-refractivity contribution is 6.01. The van der Waals surface area contributed by atoms with Crippen molar-refractivity contribution in [3.63, 3.8) is 0 Å². The van der Waals surface area contributed by atoms with Crippen molar-refractivity contribution < 1.29 is 49.1 Å². The van der Waals surface area contributed by atoms with Gasteiger partial charge in [0.25, 0.3) is 0 Å². The van der Waals surface area contributed by atoms with Crippen LogP contribution in [0.2, 0.25) is 0 Å². The highest BCUT2D eigenvalue weighted by Crippen LogP contribution is 2.68. The Hall–Kier alpha value is -2.60. The summed E-state index contributed by atoms with van der Waals surface area (Å²) in [5.41, 5.74) is 0.956. The number of hydrogen-bond donors (Lipinski definition) is 4. The summed E-state index contributed by atoms with van der Waals surface area (Å²) in [4.78, 5) is 49.0. The van der Waals surface area contributed by atoms with Crippen LogP contribution in [0.1, 0.15) is 107 Å². The lowest BCUT2D eigenvalue weighted by Crippen LogP contribution is -2.56. The Morgan fingerprint density at radius 3 is 1.36 bits per heavy atom. The number of aliphatic hydroxyl groups is 4. The highest BCUT2D eigenvalue weighted by atomic mass is 16.6. The summed E-state index contributed by atoms with van der Waals surface area (Å²) < 4.78 is 11.6. The van der Waals surface area contributed by atoms with Crippen LogP contribution in [-0.4, -0.2) is 80.6 Å². The molecule has 8 aliphatic carbocycles. The first-order valence-corrected chi connectivity index (χ1v) is 21.1. The van der Waals surface area contributed by atoms with Gasteiger partial charge in [-0.15, -0.1) is 0 Å². The molecule has 0 amide bonds. The van der Waals surface area contributed by atoms with Gasteiger partial charge in [-0.25, -0.2) is 0 Å². The Bertz CT molecular complexity index is 1630. The monoisotopic (exact) mass is 776 g/mol. The molecule has 10 nitrogen and oxygen atoms in total. The first-order chi connectivity index (χ1) is 26.2. The first kappa shape index (κ1) is 41.6. The second kappa shape index (κ2) is 14.6. The molecular formula is C46H64O10. The van der Waals surface area contributed by atoms with Crippen molar-refractivity contribution in [1.29, 1.82) is 0 Å². The van der Waals surface area contributed by atoms with Gasteiger partial charge in [-0.05, 0) is 138 Å². The van der Waals surface area contributed by atoms with E-state index in [1.165, 1.54) is 0 Å². The topological polar surface area (TPSA) is 168 Å². The zero-order valence-electron chi connectivity index (χ0n) is 34.4. The van der Waals surface area contributed by atoms with E-state index in [4.69, 9.17) is 9.47 Å². The van der Waals surface area contributed by atoms with Gasteiger partial charge in [0.1, 0.15) is 11.6 Å². The van der Waals surface area contributed by atoms with Gasteiger partial charge >= 0.3 is 0 Å². The van der Waals surface area contributed by atoms with E-state index in [1.54, 1.807) is 52.0 Å². The summed E-state index contributed by atoms with van der Waals surface area (Å²) in [5, 5.41) is 42.2. The molecule has 0 heterocycles. The van der Waals surface area contributed by atoms with Crippen molar-refractivity contribution in [3.8, 4) is 0 Å². The summed E-state index contributed by atoms with van der Waals surface area (Å²) >= 11 is 0. The number of hydrogen-bond acceptors (Lipinski definition) is 10. The number of allylic oxidation sites excluding steroid dienone is 8. The van der Waals surface area contributed by atoms with Gasteiger partial charge in [-0.1, -0.05) is 51.0 Å². The third-order valence-corrected chi connectivity index (χ3v) is 16.6. The van der Waals surface area contributed by atoms with Crippen LogP contribution >= 0.6 is 0 Å². The maximum absolute atomic E-state index is 12.6. The fraction of sp³-hybridized carbons (Fsp3) is 0.739. The molecule has 308 valence electrons. The Kier molecular flexibility index (Phi) is 10.8. The lowest BCUT2D eigenvalue weighted by molar-refractivity contribution is -0.158. The predicted molar refractivity (Wildman–Crippen MR) is 208 cm³/mol. The van der Waals surface area contributed by atoms with Crippen molar-refractivity contribution in [2.45, 2.75) is 144 Å². The van der Waals surface area contributed by atoms with Crippen molar-refractivity contribution in [2.75, 3.05) is 0 Å². The molecule has 18 atom stereocenters.